The van der Waals surface area contributed by atoms with Gasteiger partial charge in [-0.3, -0.25) is 4.79 Å². The van der Waals surface area contributed by atoms with Crippen molar-refractivity contribution in [3.63, 3.8) is 0 Å². The van der Waals surface area contributed by atoms with Crippen LogP contribution < -0.4 is 76.6 Å². The Morgan fingerprint density at radius 3 is 1.62 bits per heavy atom. The number of carbonyl (C=O) groups is 3. The second kappa shape index (κ2) is 10.8. The Hall–Kier alpha value is 0.660. The maximum Gasteiger partial charge on any atom is 1.00 e. The van der Waals surface area contributed by atoms with Crippen molar-refractivity contribution in [1.29, 1.82) is 0 Å². The standard InChI is InChI=1S/C6H8O7.ClH.2Na/c7-3(8)1-6(13,5(11)12)2-4(9)10;;;/h13H,1-2H2,(H,7,8)(H,9,10)(H,11,12);1H;;/q;;2*+1/p-2. The van der Waals surface area contributed by atoms with Crippen LogP contribution in [0.25, 0.3) is 0 Å². The fourth-order valence-corrected chi connectivity index (χ4v) is 0.703. The van der Waals surface area contributed by atoms with Gasteiger partial charge in [0.25, 0.3) is 0 Å². The van der Waals surface area contributed by atoms with Crippen molar-refractivity contribution in [2.24, 2.45) is 0 Å². The molecule has 0 saturated carbocycles. The zero-order chi connectivity index (χ0) is 10.6. The molecule has 0 aromatic rings. The van der Waals surface area contributed by atoms with E-state index in [1.807, 2.05) is 0 Å². The van der Waals surface area contributed by atoms with Crippen LogP contribution in [-0.4, -0.2) is 38.8 Å². The van der Waals surface area contributed by atoms with E-state index in [0.717, 1.165) is 0 Å². The summed E-state index contributed by atoms with van der Waals surface area (Å²) < 4.78 is 0. The number of hydrogen-bond donors (Lipinski definition) is 3. The summed E-state index contributed by atoms with van der Waals surface area (Å²) in [4.78, 5) is 30.3. The minimum absolute atomic E-state index is 0. The van der Waals surface area contributed by atoms with E-state index in [4.69, 9.17) is 15.3 Å². The van der Waals surface area contributed by atoms with Crippen LogP contribution in [0.2, 0.25) is 0 Å². The van der Waals surface area contributed by atoms with E-state index in [1.54, 1.807) is 0 Å². The molecule has 0 rings (SSSR count). The first-order valence-corrected chi connectivity index (χ1v) is 3.15. The maximum absolute atomic E-state index is 10.3. The number of aliphatic carboxylic acids is 3. The molecule has 0 aliphatic heterocycles. The summed E-state index contributed by atoms with van der Waals surface area (Å²) in [5.74, 6) is -5.34. The van der Waals surface area contributed by atoms with Gasteiger partial charge in [-0.1, -0.05) is 0 Å². The number of aliphatic hydroxyl groups is 1. The molecule has 0 heterocycles. The summed E-state index contributed by atoms with van der Waals surface area (Å²) in [7, 11) is 0. The monoisotopic (exact) mass is 272 g/mol. The Labute approximate surface area is 141 Å². The molecule has 16 heavy (non-hydrogen) atoms. The fraction of sp³-hybridized carbons (Fsp3) is 0.500. The smallest absolute Gasteiger partial charge is 1.00 e. The summed E-state index contributed by atoms with van der Waals surface area (Å²) >= 11 is 0. The van der Waals surface area contributed by atoms with Crippen LogP contribution in [0.3, 0.4) is 0 Å². The molecule has 0 fully saturated rings. The van der Waals surface area contributed by atoms with E-state index >= 15 is 0 Å². The summed E-state index contributed by atoms with van der Waals surface area (Å²) in [6, 6.07) is 0. The second-order valence-electron chi connectivity index (χ2n) is 2.46. The molecule has 10 heteroatoms. The van der Waals surface area contributed by atoms with Crippen molar-refractivity contribution in [1.82, 2.24) is 0 Å². The van der Waals surface area contributed by atoms with Gasteiger partial charge in [-0.05, 0) is 0 Å². The zero-order valence-corrected chi connectivity index (χ0v) is 13.5. The molecule has 0 aliphatic rings. The Morgan fingerprint density at radius 1 is 1.06 bits per heavy atom. The summed E-state index contributed by atoms with van der Waals surface area (Å²) in [6.45, 7) is 0. The van der Waals surface area contributed by atoms with Gasteiger partial charge in [-0.2, -0.15) is 0 Å². The van der Waals surface area contributed by atoms with Crippen molar-refractivity contribution in [3.05, 3.63) is 0 Å². The quantitative estimate of drug-likeness (QED) is 0.423. The van der Waals surface area contributed by atoms with Crippen LogP contribution in [0.5, 0.6) is 0 Å². The molecule has 0 aliphatic carbocycles. The zero-order valence-electron chi connectivity index (χ0n) is 8.77. The van der Waals surface area contributed by atoms with E-state index < -0.39 is 36.4 Å². The largest absolute Gasteiger partial charge is 1.00 e. The number of carboxylic acid groups (broad SMARTS) is 3. The molecule has 0 saturated heterocycles. The van der Waals surface area contributed by atoms with Crippen LogP contribution in [0, 0.1) is 0 Å². The number of hydrogen-bond acceptors (Lipinski definition) is 5. The van der Waals surface area contributed by atoms with E-state index in [0.29, 0.717) is 0 Å². The van der Waals surface area contributed by atoms with Gasteiger partial charge in [0, 0.05) is 12.4 Å². The molecule has 0 bridgehead atoms. The van der Waals surface area contributed by atoms with Gasteiger partial charge in [0.2, 0.25) is 0 Å². The van der Waals surface area contributed by atoms with Gasteiger partial charge in [0.05, 0.1) is 6.42 Å². The minimum atomic E-state index is -2.80. The number of carbonyl (C=O) groups excluding carboxylic acids is 1. The van der Waals surface area contributed by atoms with Crippen LogP contribution in [0.15, 0.2) is 0 Å². The van der Waals surface area contributed by atoms with Crippen molar-refractivity contribution in [3.8, 4) is 0 Å². The summed E-state index contributed by atoms with van der Waals surface area (Å²) in [5, 5.41) is 35.5. The van der Waals surface area contributed by atoms with E-state index in [2.05, 4.69) is 0 Å². The molecule has 1 atom stereocenters. The summed E-state index contributed by atoms with van der Waals surface area (Å²) in [5.41, 5.74) is -2.80. The van der Waals surface area contributed by atoms with Gasteiger partial charge in [-0.15, -0.1) is 0 Å². The first-order valence-electron chi connectivity index (χ1n) is 3.15. The third-order valence-electron chi connectivity index (χ3n) is 1.28. The molecule has 0 amide bonds. The predicted molar refractivity (Wildman–Crippen MR) is 34.5 cm³/mol. The van der Waals surface area contributed by atoms with Gasteiger partial charge in [0.15, 0.2) is 5.60 Å². The molecule has 0 radical (unpaired) electrons. The van der Waals surface area contributed by atoms with Crippen molar-refractivity contribution < 1.29 is 106 Å². The number of carboxylic acids is 3. The van der Waals surface area contributed by atoms with Gasteiger partial charge < -0.3 is 37.6 Å². The average molecular weight is 273 g/mol. The van der Waals surface area contributed by atoms with E-state index in [-0.39, 0.29) is 71.5 Å². The molecule has 7 nitrogen and oxygen atoms in total. The Bertz CT molecular complexity index is 241. The first kappa shape index (κ1) is 25.5. The molecular formula is C6H7ClNa2O7. The van der Waals surface area contributed by atoms with Gasteiger partial charge in [-0.25, -0.2) is 4.79 Å². The molecular weight excluding hydrogens is 265 g/mol. The number of halogens is 1. The molecule has 82 valence electrons. The third-order valence-corrected chi connectivity index (χ3v) is 1.28. The minimum Gasteiger partial charge on any atom is -1.00 e. The van der Waals surface area contributed by atoms with Crippen LogP contribution in [0.4, 0.5) is 0 Å². The first-order chi connectivity index (χ1) is 5.78. The molecule has 0 aromatic heterocycles. The van der Waals surface area contributed by atoms with Gasteiger partial charge >= 0.3 is 71.1 Å². The third kappa shape index (κ3) is 9.86. The van der Waals surface area contributed by atoms with Crippen molar-refractivity contribution in [2.75, 3.05) is 0 Å². The Balaban J connectivity index is -0.000000240. The molecule has 3 N–H and O–H groups in total. The topological polar surface area (TPSA) is 135 Å². The van der Waals surface area contributed by atoms with Crippen LogP contribution in [0.1, 0.15) is 12.8 Å². The van der Waals surface area contributed by atoms with E-state index in [1.165, 1.54) is 0 Å². The maximum atomic E-state index is 10.3. The normalized spacial score (nSPS) is 11.8. The van der Waals surface area contributed by atoms with Crippen molar-refractivity contribution >= 4 is 17.9 Å². The molecule has 0 aromatic carbocycles. The van der Waals surface area contributed by atoms with Gasteiger partial charge in [0.1, 0.15) is 0 Å². The average Bonchev–Trinajstić information content (AvgIpc) is 1.82. The van der Waals surface area contributed by atoms with Crippen molar-refractivity contribution in [2.45, 2.75) is 18.4 Å². The fourth-order valence-electron chi connectivity index (χ4n) is 0.703. The molecule has 1 unspecified atom stereocenters. The van der Waals surface area contributed by atoms with Crippen LogP contribution >= 0.6 is 0 Å². The van der Waals surface area contributed by atoms with E-state index in [9.17, 15) is 19.5 Å². The Morgan fingerprint density at radius 2 is 1.44 bits per heavy atom. The van der Waals surface area contributed by atoms with Crippen LogP contribution in [-0.2, 0) is 14.4 Å². The SMILES string of the molecule is O=C([O-])CC(O)(CC(=O)O)C(=O)O.[Cl-].[Na+].[Na+]. The Kier molecular flexibility index (Phi) is 17.2. The predicted octanol–water partition coefficient (Wildman–Crippen LogP) is -11.6. The second-order valence-corrected chi connectivity index (χ2v) is 2.46. The summed E-state index contributed by atoms with van der Waals surface area (Å²) in [6.07, 6.45) is -2.44. The molecule has 0 spiro atoms. The number of rotatable bonds is 5.